The Morgan fingerprint density at radius 2 is 0.840 bits per heavy atom. The molecule has 2 saturated carbocycles. The van der Waals surface area contributed by atoms with Crippen LogP contribution in [0.5, 0.6) is 0 Å². The smallest absolute Gasteiger partial charge is 0.870 e. The Kier molecular flexibility index (Phi) is 36.3. The van der Waals surface area contributed by atoms with Gasteiger partial charge in [0, 0.05) is 63.9 Å². The summed E-state index contributed by atoms with van der Waals surface area (Å²) in [4.78, 5) is 146. The number of hydrogen-bond donors (Lipinski definition) is 14. The third kappa shape index (κ3) is 28.9. The molecule has 30 nitrogen and oxygen atoms in total. The maximum Gasteiger partial charge on any atom is 1.00 e. The zero-order chi connectivity index (χ0) is 75.3. The number of rotatable bonds is 38. The maximum absolute atomic E-state index is 14.1. The number of amides is 6. The molecular formula is C75H108N17NaO13. The minimum atomic E-state index is -1.43. The topological polar surface area (TPSA) is 530 Å². The molecule has 572 valence electrons. The molecule has 0 aromatic heterocycles. The van der Waals surface area contributed by atoms with Gasteiger partial charge in [-0.1, -0.05) is 147 Å². The number of Topliss-reactive ketones (excluding diaryl/α,β-unsaturated/α-hetero) is 2. The summed E-state index contributed by atoms with van der Waals surface area (Å²) in [6, 6.07) is 31.9. The van der Waals surface area contributed by atoms with E-state index in [1.165, 1.54) is 12.0 Å². The van der Waals surface area contributed by atoms with Crippen molar-refractivity contribution in [1.82, 2.24) is 36.5 Å². The van der Waals surface area contributed by atoms with Gasteiger partial charge in [0.05, 0.1) is 31.3 Å². The third-order valence-corrected chi connectivity index (χ3v) is 19.7. The standard InChI is InChI=1S/C38H54N8O6.C37H53N9O6.Na.H2O/c1-52-36(51)38(42)16-19-46(20-17-38)35(50)30(13-8-18-43-37(40)41)44-33(48)28(21-27-14-15-27)24-32(47)31(23-26-11-6-3-7-12-26)45-34(49)29(39)22-25-9-4-2-5-10-25;38-28(21-24-8-3-1-4-9-24)33(49)44-30(22-25-10-5-2-6-11-25)31(47)23-27(20-26-13-14-26)32(48)43-29(12-7-17-42-36(39)45-41)34(50)46-18-15-37(40,16-19-46)35(51)52;;/h2-7,9-12,27-31H,8,13-24,39,42H2,1H3,(H,44,48)(H,45,49)(H4,40,41,43);1-6,8-11,26-30H,7,12-23,38,40-41H2,(H,43,48)(H,44,49)(H,51,52)(H3,39,42,45);;1H2/q;;+1;/p-1/t28-,29+,30+,31+;27-,28+,29+,30+;;/m00../s1. The van der Waals surface area contributed by atoms with Crippen LogP contribution in [0.15, 0.2) is 131 Å². The fraction of sp³-hybridized carbons (Fsp3) is 0.520. The largest absolute Gasteiger partial charge is 1.00 e. The molecule has 4 fully saturated rings. The molecule has 4 aromatic rings. The Morgan fingerprint density at radius 3 is 1.16 bits per heavy atom. The summed E-state index contributed by atoms with van der Waals surface area (Å²) in [7, 11) is 1.28. The molecule has 106 heavy (non-hydrogen) atoms. The Labute approximate surface area is 641 Å². The molecular weight excluding hydrogens is 1370 g/mol. The van der Waals surface area contributed by atoms with E-state index in [1.807, 2.05) is 121 Å². The number of carbonyl (C=O) groups excluding carboxylic acids is 9. The summed E-state index contributed by atoms with van der Waals surface area (Å²) in [6.07, 6.45) is 7.30. The van der Waals surface area contributed by atoms with Gasteiger partial charge < -0.3 is 86.5 Å². The number of hydrazine groups is 1. The van der Waals surface area contributed by atoms with Crippen molar-refractivity contribution in [3.05, 3.63) is 144 Å². The first-order valence-electron chi connectivity index (χ1n) is 36.0. The van der Waals surface area contributed by atoms with Crippen LogP contribution < -0.4 is 102 Å². The minimum absolute atomic E-state index is 0. The van der Waals surface area contributed by atoms with Gasteiger partial charge >= 0.3 is 41.5 Å². The van der Waals surface area contributed by atoms with E-state index in [1.54, 1.807) is 4.90 Å². The quantitative estimate of drug-likeness (QED) is 0.00424. The monoisotopic (exact) mass is 1480 g/mol. The van der Waals surface area contributed by atoms with E-state index in [9.17, 15) is 53.1 Å². The number of ether oxygens (including phenoxy) is 1. The number of hydrogen-bond acceptors (Lipinski definition) is 19. The van der Waals surface area contributed by atoms with Gasteiger partial charge in [0.2, 0.25) is 41.4 Å². The zero-order valence-corrected chi connectivity index (χ0v) is 63.0. The van der Waals surface area contributed by atoms with Gasteiger partial charge in [0.25, 0.3) is 0 Å². The summed E-state index contributed by atoms with van der Waals surface area (Å²) in [5.41, 5.74) is 44.6. The Bertz CT molecular complexity index is 3560. The van der Waals surface area contributed by atoms with Gasteiger partial charge in [-0.2, -0.15) is 0 Å². The number of nitrogens with two attached hydrogens (primary N) is 8. The predicted octanol–water partition coefficient (Wildman–Crippen LogP) is -2.38. The van der Waals surface area contributed by atoms with Gasteiger partial charge in [-0.15, -0.1) is 0 Å². The molecule has 0 spiro atoms. The molecule has 2 heterocycles. The van der Waals surface area contributed by atoms with Crippen molar-refractivity contribution in [3.63, 3.8) is 0 Å². The molecule has 6 amide bonds. The fourth-order valence-corrected chi connectivity index (χ4v) is 13.0. The van der Waals surface area contributed by atoms with E-state index in [4.69, 9.17) is 50.7 Å². The number of likely N-dealkylation sites (tertiary alicyclic amines) is 2. The summed E-state index contributed by atoms with van der Waals surface area (Å²) in [5.74, 6) is -0.383. The van der Waals surface area contributed by atoms with Crippen LogP contribution in [0.3, 0.4) is 0 Å². The molecule has 2 aliphatic carbocycles. The summed E-state index contributed by atoms with van der Waals surface area (Å²) in [6.45, 7) is 1.15. The van der Waals surface area contributed by atoms with Crippen LogP contribution in [0, 0.1) is 23.7 Å². The van der Waals surface area contributed by atoms with Gasteiger partial charge in [-0.25, -0.2) is 5.84 Å². The number of nitrogens with zero attached hydrogens (tertiary/aromatic N) is 4. The maximum atomic E-state index is 14.1. The number of carboxylic acid groups (broad SMARTS) is 1. The van der Waals surface area contributed by atoms with Crippen molar-refractivity contribution in [3.8, 4) is 0 Å². The molecule has 31 heteroatoms. The van der Waals surface area contributed by atoms with Gasteiger partial charge in [0.15, 0.2) is 17.5 Å². The minimum Gasteiger partial charge on any atom is -0.870 e. The number of carbonyl (C=O) groups is 10. The molecule has 0 unspecified atom stereocenters. The first kappa shape index (κ1) is 87.9. The number of aliphatic carboxylic acids is 1. The molecule has 2 aliphatic heterocycles. The van der Waals surface area contributed by atoms with Crippen molar-refractivity contribution in [1.29, 1.82) is 0 Å². The molecule has 0 radical (unpaired) electrons. The fourth-order valence-electron chi connectivity index (χ4n) is 13.0. The Morgan fingerprint density at radius 1 is 0.509 bits per heavy atom. The van der Waals surface area contributed by atoms with Crippen molar-refractivity contribution < 1.29 is 92.8 Å². The second-order valence-electron chi connectivity index (χ2n) is 28.1. The number of esters is 1. The number of carboxylic acids is 1. The van der Waals surface area contributed by atoms with Crippen molar-refractivity contribution >= 4 is 70.9 Å². The van der Waals surface area contributed by atoms with Crippen LogP contribution in [0.1, 0.15) is 125 Å². The number of benzene rings is 4. The second kappa shape index (κ2) is 43.8. The number of piperidine rings is 2. The van der Waals surface area contributed by atoms with Crippen LogP contribution in [-0.2, 0) is 78.4 Å². The second-order valence-corrected chi connectivity index (χ2v) is 28.1. The van der Waals surface area contributed by atoms with Gasteiger partial charge in [0.1, 0.15) is 23.2 Å². The van der Waals surface area contributed by atoms with E-state index >= 15 is 0 Å². The van der Waals surface area contributed by atoms with Crippen molar-refractivity contribution in [2.24, 2.45) is 79.6 Å². The molecule has 4 aromatic carbocycles. The predicted molar refractivity (Wildman–Crippen MR) is 395 cm³/mol. The first-order valence-corrected chi connectivity index (χ1v) is 36.0. The average Bonchev–Trinajstić information content (AvgIpc) is 1.05. The van der Waals surface area contributed by atoms with Crippen LogP contribution in [0.25, 0.3) is 0 Å². The summed E-state index contributed by atoms with van der Waals surface area (Å²) >= 11 is 0. The normalized spacial score (nSPS) is 17.4. The Hall–Kier alpha value is -8.72. The number of guanidine groups is 2. The van der Waals surface area contributed by atoms with E-state index < -0.39 is 94.7 Å². The molecule has 4 aliphatic rings. The SMILES string of the molecule is COC(=O)C1(N)CCN(C(=O)[C@@H](CCCN=C(N)N)NC(=O)[C@H](CC(=O)[C@@H](Cc2ccccc2)NC(=O)[C@H](N)Cc2ccccc2)CC2CC2)CC1.NNC(N)=NCCC[C@@H](NC(=O)[C@H](CC(=O)[C@@H](Cc1ccccc1)NC(=O)[C@H](N)Cc1ccccc1)CC1CC1)C(=O)N1CCC(N)(C(=O)O)CC1.[Na+].[OH-]. The first-order chi connectivity index (χ1) is 49.8. The summed E-state index contributed by atoms with van der Waals surface area (Å²) < 4.78 is 4.86. The number of ketones is 2. The zero-order valence-electron chi connectivity index (χ0n) is 61.0. The van der Waals surface area contributed by atoms with Gasteiger partial charge in [-0.3, -0.25) is 63.4 Å². The van der Waals surface area contributed by atoms with Crippen molar-refractivity contribution in [2.45, 2.75) is 176 Å². The number of aliphatic imine (C=N–C) groups is 2. The van der Waals surface area contributed by atoms with Crippen LogP contribution in [0.2, 0.25) is 0 Å². The molecule has 8 rings (SSSR count). The third-order valence-electron chi connectivity index (χ3n) is 19.7. The van der Waals surface area contributed by atoms with Gasteiger partial charge in [-0.05, 0) is 124 Å². The average molecular weight is 1480 g/mol. The molecule has 2 saturated heterocycles. The van der Waals surface area contributed by atoms with E-state index in [0.717, 1.165) is 47.9 Å². The van der Waals surface area contributed by atoms with Crippen LogP contribution >= 0.6 is 0 Å². The number of methoxy groups -OCH3 is 1. The van der Waals surface area contributed by atoms with Crippen LogP contribution in [0.4, 0.5) is 0 Å². The van der Waals surface area contributed by atoms with E-state index in [2.05, 4.69) is 36.7 Å². The summed E-state index contributed by atoms with van der Waals surface area (Å²) in [5, 5.41) is 21.2. The Balaban J connectivity index is 0.000000373. The van der Waals surface area contributed by atoms with Crippen molar-refractivity contribution in [2.75, 3.05) is 46.4 Å². The van der Waals surface area contributed by atoms with Crippen LogP contribution in [-0.4, -0.2) is 185 Å². The van der Waals surface area contributed by atoms with E-state index in [-0.39, 0.29) is 180 Å². The molecule has 0 bridgehead atoms. The number of nitrogens with one attached hydrogen (secondary N) is 5. The van der Waals surface area contributed by atoms with E-state index in [0.29, 0.717) is 44.4 Å². The molecule has 23 N–H and O–H groups in total. The molecule has 8 atom stereocenters.